The predicted octanol–water partition coefficient (Wildman–Crippen LogP) is 2.74. The van der Waals surface area contributed by atoms with E-state index in [2.05, 4.69) is 62.6 Å². The Morgan fingerprint density at radius 1 is 1.21 bits per heavy atom. The molecule has 0 amide bonds. The van der Waals surface area contributed by atoms with E-state index in [9.17, 15) is 0 Å². The first-order chi connectivity index (χ1) is 13.2. The summed E-state index contributed by atoms with van der Waals surface area (Å²) in [6.07, 6.45) is 4.74. The lowest BCUT2D eigenvalue weighted by Crippen LogP contribution is -2.41. The minimum Gasteiger partial charge on any atom is -0.492 e. The number of rotatable bonds is 11. The van der Waals surface area contributed by atoms with E-state index in [1.807, 2.05) is 12.1 Å². The van der Waals surface area contributed by atoms with Crippen LogP contribution in [0.4, 0.5) is 0 Å². The van der Waals surface area contributed by atoms with Gasteiger partial charge in [0.1, 0.15) is 24.5 Å². The molecule has 0 bridgehead atoms. The Balaban J connectivity index is 0.00000392. The molecule has 2 rings (SSSR count). The maximum atomic E-state index is 5.76. The highest BCUT2D eigenvalue weighted by Gasteiger charge is 2.03. The number of nitrogens with one attached hydrogen (secondary N) is 2. The van der Waals surface area contributed by atoms with Crippen LogP contribution in [-0.4, -0.2) is 59.0 Å². The van der Waals surface area contributed by atoms with Gasteiger partial charge in [0.15, 0.2) is 5.96 Å². The third kappa shape index (κ3) is 9.13. The van der Waals surface area contributed by atoms with Crippen molar-refractivity contribution in [3.8, 4) is 5.75 Å². The van der Waals surface area contributed by atoms with Crippen LogP contribution in [0, 0.1) is 6.92 Å². The van der Waals surface area contributed by atoms with Crippen LogP contribution < -0.4 is 15.4 Å². The number of halogens is 1. The first kappa shape index (κ1) is 24.5. The van der Waals surface area contributed by atoms with Crippen molar-refractivity contribution < 1.29 is 4.74 Å². The number of aliphatic imine (C=N–C) groups is 1. The molecule has 1 heterocycles. The van der Waals surface area contributed by atoms with Gasteiger partial charge in [-0.15, -0.1) is 34.2 Å². The van der Waals surface area contributed by atoms with Crippen LogP contribution >= 0.6 is 35.7 Å². The van der Waals surface area contributed by atoms with Gasteiger partial charge in [0.2, 0.25) is 0 Å². The fourth-order valence-corrected chi connectivity index (χ4v) is 2.70. The molecule has 0 unspecified atom stereocenters. The summed E-state index contributed by atoms with van der Waals surface area (Å²) in [6, 6.07) is 8.08. The number of nitrogens with zero attached hydrogens (tertiary/aromatic N) is 4. The first-order valence-electron chi connectivity index (χ1n) is 9.30. The smallest absolute Gasteiger partial charge is 0.191 e. The number of aromatic nitrogens is 3. The molecule has 0 aliphatic rings. The lowest BCUT2D eigenvalue weighted by Gasteiger charge is -2.14. The summed E-state index contributed by atoms with van der Waals surface area (Å²) < 4.78 is 7.82. The monoisotopic (exact) mass is 518 g/mol. The molecule has 1 aromatic carbocycles. The van der Waals surface area contributed by atoms with Crippen molar-refractivity contribution in [3.63, 3.8) is 0 Å². The molecular weight excluding hydrogens is 487 g/mol. The molecule has 9 heteroatoms. The molecular formula is C19H31IN6OS. The first-order valence-corrected chi connectivity index (χ1v) is 10.7. The molecule has 28 heavy (non-hydrogen) atoms. The Bertz CT molecular complexity index is 692. The quantitative estimate of drug-likeness (QED) is 0.206. The summed E-state index contributed by atoms with van der Waals surface area (Å²) in [6.45, 7) is 7.76. The van der Waals surface area contributed by atoms with Crippen LogP contribution in [0.3, 0.4) is 0 Å². The summed E-state index contributed by atoms with van der Waals surface area (Å²) in [4.78, 5) is 4.61. The maximum Gasteiger partial charge on any atom is 0.191 e. The van der Waals surface area contributed by atoms with Crippen molar-refractivity contribution in [2.24, 2.45) is 4.99 Å². The summed E-state index contributed by atoms with van der Waals surface area (Å²) in [5.41, 5.74) is 1.23. The average Bonchev–Trinajstić information content (AvgIpc) is 3.14. The number of guanidine groups is 1. The van der Waals surface area contributed by atoms with Gasteiger partial charge in [-0.2, -0.15) is 11.8 Å². The summed E-state index contributed by atoms with van der Waals surface area (Å²) >= 11 is 1.79. The van der Waals surface area contributed by atoms with Gasteiger partial charge in [0, 0.05) is 25.3 Å². The van der Waals surface area contributed by atoms with E-state index in [0.717, 1.165) is 49.3 Å². The molecule has 0 radical (unpaired) electrons. The van der Waals surface area contributed by atoms with Gasteiger partial charge in [-0.1, -0.05) is 24.6 Å². The van der Waals surface area contributed by atoms with Crippen molar-refractivity contribution >= 4 is 41.7 Å². The van der Waals surface area contributed by atoms with Crippen molar-refractivity contribution in [2.75, 3.05) is 38.2 Å². The Hall–Kier alpha value is -1.49. The molecule has 0 saturated carbocycles. The van der Waals surface area contributed by atoms with Crippen LogP contribution in [0.15, 0.2) is 35.6 Å². The predicted molar refractivity (Wildman–Crippen MR) is 128 cm³/mol. The van der Waals surface area contributed by atoms with E-state index in [-0.39, 0.29) is 24.0 Å². The zero-order valence-corrected chi connectivity index (χ0v) is 20.0. The van der Waals surface area contributed by atoms with Crippen molar-refractivity contribution in [1.82, 2.24) is 25.4 Å². The minimum absolute atomic E-state index is 0. The third-order valence-electron chi connectivity index (χ3n) is 3.91. The summed E-state index contributed by atoms with van der Waals surface area (Å²) in [5, 5.41) is 14.8. The number of aryl methyl sites for hydroxylation is 2. The minimum atomic E-state index is 0. The molecule has 156 valence electrons. The third-order valence-corrected chi connectivity index (χ3v) is 4.50. The van der Waals surface area contributed by atoms with Gasteiger partial charge in [-0.3, -0.25) is 4.99 Å². The van der Waals surface area contributed by atoms with E-state index in [1.54, 1.807) is 18.1 Å². The molecule has 0 fully saturated rings. The van der Waals surface area contributed by atoms with Crippen LogP contribution in [-0.2, 0) is 13.0 Å². The second-order valence-corrected chi connectivity index (χ2v) is 7.02. The SMILES string of the molecule is CCc1nncn1CCNC(=NCCSC)NCCOc1ccc(C)cc1.I. The normalized spacial score (nSPS) is 11.0. The lowest BCUT2D eigenvalue weighted by molar-refractivity contribution is 0.322. The fourth-order valence-electron chi connectivity index (χ4n) is 2.43. The van der Waals surface area contributed by atoms with Crippen LogP contribution in [0.5, 0.6) is 5.75 Å². The Morgan fingerprint density at radius 3 is 2.68 bits per heavy atom. The molecule has 7 nitrogen and oxygen atoms in total. The highest BCUT2D eigenvalue weighted by molar-refractivity contribution is 14.0. The molecule has 2 N–H and O–H groups in total. The van der Waals surface area contributed by atoms with Gasteiger partial charge in [0.25, 0.3) is 0 Å². The largest absolute Gasteiger partial charge is 0.492 e. The molecule has 0 aliphatic carbocycles. The van der Waals surface area contributed by atoms with Gasteiger partial charge in [-0.05, 0) is 25.3 Å². The van der Waals surface area contributed by atoms with Gasteiger partial charge < -0.3 is 19.9 Å². The average molecular weight is 518 g/mol. The van der Waals surface area contributed by atoms with E-state index >= 15 is 0 Å². The van der Waals surface area contributed by atoms with E-state index < -0.39 is 0 Å². The van der Waals surface area contributed by atoms with Gasteiger partial charge >= 0.3 is 0 Å². The number of ether oxygens (including phenoxy) is 1. The Kier molecular flexibility index (Phi) is 12.7. The van der Waals surface area contributed by atoms with Gasteiger partial charge in [0.05, 0.1) is 13.1 Å². The zero-order chi connectivity index (χ0) is 19.3. The summed E-state index contributed by atoms with van der Waals surface area (Å²) in [5.74, 6) is 3.69. The number of benzene rings is 1. The highest BCUT2D eigenvalue weighted by atomic mass is 127. The molecule has 0 saturated heterocycles. The van der Waals surface area contributed by atoms with Crippen molar-refractivity contribution in [1.29, 1.82) is 0 Å². The topological polar surface area (TPSA) is 76.4 Å². The fraction of sp³-hybridized carbons (Fsp3) is 0.526. The second-order valence-electron chi connectivity index (χ2n) is 6.03. The summed E-state index contributed by atoms with van der Waals surface area (Å²) in [7, 11) is 0. The lowest BCUT2D eigenvalue weighted by atomic mass is 10.2. The van der Waals surface area contributed by atoms with Crippen LogP contribution in [0.1, 0.15) is 18.3 Å². The standard InChI is InChI=1S/C19H30N6OS.HI/c1-4-18-24-23-15-25(18)12-9-20-19(22-11-14-27-3)21-10-13-26-17-7-5-16(2)6-8-17;/h5-8,15H,4,9-14H2,1-3H3,(H2,20,21,22);1H. The van der Waals surface area contributed by atoms with E-state index in [0.29, 0.717) is 13.2 Å². The van der Waals surface area contributed by atoms with Crippen molar-refractivity contribution in [3.05, 3.63) is 42.0 Å². The van der Waals surface area contributed by atoms with Crippen LogP contribution in [0.2, 0.25) is 0 Å². The Morgan fingerprint density at radius 2 is 1.96 bits per heavy atom. The molecule has 0 spiro atoms. The van der Waals surface area contributed by atoms with E-state index in [1.165, 1.54) is 5.56 Å². The van der Waals surface area contributed by atoms with Crippen molar-refractivity contribution in [2.45, 2.75) is 26.8 Å². The zero-order valence-electron chi connectivity index (χ0n) is 16.9. The molecule has 1 aromatic heterocycles. The number of hydrogen-bond acceptors (Lipinski definition) is 5. The Labute approximate surface area is 189 Å². The van der Waals surface area contributed by atoms with Crippen LogP contribution in [0.25, 0.3) is 0 Å². The number of thioether (sulfide) groups is 1. The van der Waals surface area contributed by atoms with Gasteiger partial charge in [-0.25, -0.2) is 0 Å². The molecule has 2 aromatic rings. The maximum absolute atomic E-state index is 5.76. The highest BCUT2D eigenvalue weighted by Crippen LogP contribution is 2.10. The molecule has 0 atom stereocenters. The molecule has 0 aliphatic heterocycles. The van der Waals surface area contributed by atoms with E-state index in [4.69, 9.17) is 4.74 Å². The second kappa shape index (κ2) is 14.5. The number of hydrogen-bond donors (Lipinski definition) is 2.